The van der Waals surface area contributed by atoms with Gasteiger partial charge in [-0.2, -0.15) is 5.10 Å². The molecule has 0 aliphatic heterocycles. The third kappa shape index (κ3) is 2.40. The predicted octanol–water partition coefficient (Wildman–Crippen LogP) is 3.15. The minimum atomic E-state index is 0.863. The number of benzene rings is 1. The van der Waals surface area contributed by atoms with Gasteiger partial charge in [0.05, 0.1) is 6.54 Å². The summed E-state index contributed by atoms with van der Waals surface area (Å²) < 4.78 is 3.10. The largest absolute Gasteiger partial charge is 0.264 e. The Kier molecular flexibility index (Phi) is 3.09. The van der Waals surface area contributed by atoms with Crippen LogP contribution in [0.4, 0.5) is 0 Å². The number of nitrogens with zero attached hydrogens (tertiary/aromatic N) is 2. The average Bonchev–Trinajstić information content (AvgIpc) is 2.49. The van der Waals surface area contributed by atoms with Gasteiger partial charge in [0, 0.05) is 5.69 Å². The van der Waals surface area contributed by atoms with E-state index in [4.69, 9.17) is 0 Å². The molecule has 0 saturated heterocycles. The van der Waals surface area contributed by atoms with Gasteiger partial charge >= 0.3 is 0 Å². The molecule has 0 N–H and O–H groups in total. The molecule has 2 aromatic rings. The summed E-state index contributed by atoms with van der Waals surface area (Å²) in [5.41, 5.74) is 3.87. The maximum Gasteiger partial charge on any atom is 0.123 e. The molecule has 15 heavy (non-hydrogen) atoms. The van der Waals surface area contributed by atoms with E-state index in [1.807, 2.05) is 4.68 Å². The third-order valence-electron chi connectivity index (χ3n) is 2.53. The fourth-order valence-electron chi connectivity index (χ4n) is 1.58. The highest BCUT2D eigenvalue weighted by atomic mass is 127. The molecule has 0 amide bonds. The van der Waals surface area contributed by atoms with Gasteiger partial charge in [-0.25, -0.2) is 0 Å². The molecule has 0 fully saturated rings. The fraction of sp³-hybridized carbons (Fsp3) is 0.250. The molecule has 1 aromatic heterocycles. The average molecular weight is 312 g/mol. The Morgan fingerprint density at radius 1 is 1.27 bits per heavy atom. The van der Waals surface area contributed by atoms with E-state index >= 15 is 0 Å². The van der Waals surface area contributed by atoms with Crippen molar-refractivity contribution in [3.05, 3.63) is 50.9 Å². The summed E-state index contributed by atoms with van der Waals surface area (Å²) in [7, 11) is 0. The molecule has 0 aliphatic carbocycles. The zero-order valence-corrected chi connectivity index (χ0v) is 11.0. The lowest BCUT2D eigenvalue weighted by Crippen LogP contribution is -2.05. The van der Waals surface area contributed by atoms with Crippen LogP contribution in [0.1, 0.15) is 16.8 Å². The minimum Gasteiger partial charge on any atom is -0.264 e. The van der Waals surface area contributed by atoms with Crippen molar-refractivity contribution in [3.8, 4) is 0 Å². The number of halogens is 1. The Morgan fingerprint density at radius 2 is 2.00 bits per heavy atom. The van der Waals surface area contributed by atoms with Crippen LogP contribution in [0.2, 0.25) is 0 Å². The lowest BCUT2D eigenvalue weighted by Gasteiger charge is -2.07. The van der Waals surface area contributed by atoms with Crippen molar-refractivity contribution in [2.24, 2.45) is 0 Å². The van der Waals surface area contributed by atoms with E-state index in [0.717, 1.165) is 10.2 Å². The molecule has 2 nitrogen and oxygen atoms in total. The topological polar surface area (TPSA) is 17.8 Å². The first-order chi connectivity index (χ1) is 7.16. The molecule has 2 rings (SSSR count). The monoisotopic (exact) mass is 312 g/mol. The van der Waals surface area contributed by atoms with Crippen molar-refractivity contribution in [2.75, 3.05) is 0 Å². The molecule has 0 unspecified atom stereocenters. The van der Waals surface area contributed by atoms with Gasteiger partial charge in [-0.3, -0.25) is 4.68 Å². The molecule has 0 atom stereocenters. The normalized spacial score (nSPS) is 10.6. The molecule has 0 radical (unpaired) electrons. The van der Waals surface area contributed by atoms with E-state index in [9.17, 15) is 0 Å². The van der Waals surface area contributed by atoms with Crippen LogP contribution in [0, 0.1) is 17.5 Å². The molecule has 1 heterocycles. The number of hydrogen-bond acceptors (Lipinski definition) is 1. The molecule has 0 saturated carbocycles. The van der Waals surface area contributed by atoms with E-state index in [0.29, 0.717) is 0 Å². The molecule has 0 bridgehead atoms. The predicted molar refractivity (Wildman–Crippen MR) is 70.0 cm³/mol. The molecular weight excluding hydrogens is 299 g/mol. The van der Waals surface area contributed by atoms with E-state index in [-0.39, 0.29) is 0 Å². The lowest BCUT2D eigenvalue weighted by molar-refractivity contribution is 0.658. The first-order valence-electron chi connectivity index (χ1n) is 4.91. The van der Waals surface area contributed by atoms with Gasteiger partial charge in [0.25, 0.3) is 0 Å². The maximum atomic E-state index is 4.45. The van der Waals surface area contributed by atoms with Crippen LogP contribution in [0.3, 0.4) is 0 Å². The molecule has 78 valence electrons. The standard InChI is InChI=1S/C12H13IN2/c1-9-5-3-4-6-11(9)8-15-10(2)7-12(13)14-15/h3-7H,8H2,1-2H3. The van der Waals surface area contributed by atoms with Crippen LogP contribution in [-0.4, -0.2) is 9.78 Å². The molecule has 1 aromatic carbocycles. The van der Waals surface area contributed by atoms with Crippen molar-refractivity contribution in [3.63, 3.8) is 0 Å². The number of rotatable bonds is 2. The lowest BCUT2D eigenvalue weighted by atomic mass is 10.1. The molecule has 3 heteroatoms. The van der Waals surface area contributed by atoms with Crippen LogP contribution in [0.5, 0.6) is 0 Å². The highest BCUT2D eigenvalue weighted by Gasteiger charge is 2.03. The van der Waals surface area contributed by atoms with Crippen molar-refractivity contribution in [2.45, 2.75) is 20.4 Å². The van der Waals surface area contributed by atoms with Gasteiger partial charge in [0.2, 0.25) is 0 Å². The quantitative estimate of drug-likeness (QED) is 0.779. The summed E-state index contributed by atoms with van der Waals surface area (Å²) in [6.45, 7) is 5.09. The Hall–Kier alpha value is -0.840. The summed E-state index contributed by atoms with van der Waals surface area (Å²) in [6.07, 6.45) is 0. The van der Waals surface area contributed by atoms with E-state index in [2.05, 4.69) is 71.9 Å². The first-order valence-corrected chi connectivity index (χ1v) is 5.99. The number of aromatic nitrogens is 2. The van der Waals surface area contributed by atoms with Crippen LogP contribution in [-0.2, 0) is 6.54 Å². The van der Waals surface area contributed by atoms with Crippen LogP contribution >= 0.6 is 22.6 Å². The summed E-state index contributed by atoms with van der Waals surface area (Å²) in [6, 6.07) is 10.5. The SMILES string of the molecule is Cc1ccccc1Cn1nc(I)cc1C. The highest BCUT2D eigenvalue weighted by Crippen LogP contribution is 2.12. The summed E-state index contributed by atoms with van der Waals surface area (Å²) in [5.74, 6) is 0. The van der Waals surface area contributed by atoms with Crippen molar-refractivity contribution >= 4 is 22.6 Å². The van der Waals surface area contributed by atoms with Gasteiger partial charge < -0.3 is 0 Å². The number of aryl methyl sites for hydroxylation is 2. The van der Waals surface area contributed by atoms with Crippen molar-refractivity contribution in [1.82, 2.24) is 9.78 Å². The zero-order valence-electron chi connectivity index (χ0n) is 8.87. The van der Waals surface area contributed by atoms with Gasteiger partial charge in [-0.15, -0.1) is 0 Å². The van der Waals surface area contributed by atoms with Gasteiger partial charge in [-0.1, -0.05) is 24.3 Å². The van der Waals surface area contributed by atoms with Crippen molar-refractivity contribution < 1.29 is 0 Å². The van der Waals surface area contributed by atoms with Crippen LogP contribution in [0.25, 0.3) is 0 Å². The third-order valence-corrected chi connectivity index (χ3v) is 3.06. The number of hydrogen-bond donors (Lipinski definition) is 0. The smallest absolute Gasteiger partial charge is 0.123 e. The second kappa shape index (κ2) is 4.35. The van der Waals surface area contributed by atoms with E-state index < -0.39 is 0 Å². The van der Waals surface area contributed by atoms with E-state index in [1.54, 1.807) is 0 Å². The van der Waals surface area contributed by atoms with Gasteiger partial charge in [-0.05, 0) is 53.6 Å². The van der Waals surface area contributed by atoms with Crippen LogP contribution in [0.15, 0.2) is 30.3 Å². The highest BCUT2D eigenvalue weighted by molar-refractivity contribution is 14.1. The summed E-state index contributed by atoms with van der Waals surface area (Å²) >= 11 is 2.25. The minimum absolute atomic E-state index is 0.863. The second-order valence-electron chi connectivity index (χ2n) is 3.69. The Balaban J connectivity index is 2.29. The molecule has 0 spiro atoms. The molecular formula is C12H13IN2. The van der Waals surface area contributed by atoms with Gasteiger partial charge in [0.15, 0.2) is 0 Å². The second-order valence-corrected chi connectivity index (χ2v) is 4.80. The first kappa shape index (κ1) is 10.7. The van der Waals surface area contributed by atoms with Crippen molar-refractivity contribution in [1.29, 1.82) is 0 Å². The Morgan fingerprint density at radius 3 is 2.60 bits per heavy atom. The van der Waals surface area contributed by atoms with Crippen LogP contribution < -0.4 is 0 Å². The Labute approximate surface area is 103 Å². The summed E-state index contributed by atoms with van der Waals surface area (Å²) in [5, 5.41) is 4.45. The van der Waals surface area contributed by atoms with Gasteiger partial charge in [0.1, 0.15) is 3.70 Å². The summed E-state index contributed by atoms with van der Waals surface area (Å²) in [4.78, 5) is 0. The van der Waals surface area contributed by atoms with E-state index in [1.165, 1.54) is 16.8 Å². The fourth-order valence-corrected chi connectivity index (χ4v) is 2.29. The zero-order chi connectivity index (χ0) is 10.8. The Bertz CT molecular complexity index is 474. The maximum absolute atomic E-state index is 4.45. The molecule has 0 aliphatic rings.